The van der Waals surface area contributed by atoms with Gasteiger partial charge in [0, 0.05) is 13.3 Å². The molecular formula is C10H18N2O7. The third-order valence-electron chi connectivity index (χ3n) is 2.40. The minimum Gasteiger partial charge on any atom is -0.477 e. The van der Waals surface area contributed by atoms with Crippen LogP contribution in [0.2, 0.25) is 0 Å². The van der Waals surface area contributed by atoms with Gasteiger partial charge in [-0.1, -0.05) is 5.18 Å². The molecule has 0 radical (unpaired) electrons. The molecule has 0 aromatic carbocycles. The molecule has 4 N–H and O–H groups in total. The number of aliphatic hydroxyl groups is 2. The molecule has 0 bridgehead atoms. The van der Waals surface area contributed by atoms with Crippen molar-refractivity contribution in [3.63, 3.8) is 0 Å². The Balaban J connectivity index is 4.82. The Bertz CT molecular complexity index is 336. The van der Waals surface area contributed by atoms with Crippen molar-refractivity contribution in [3.8, 4) is 0 Å². The monoisotopic (exact) mass is 278 g/mol. The van der Waals surface area contributed by atoms with Gasteiger partial charge in [-0.15, -0.1) is 0 Å². The summed E-state index contributed by atoms with van der Waals surface area (Å²) >= 11 is 0. The van der Waals surface area contributed by atoms with E-state index in [9.17, 15) is 19.6 Å². The zero-order chi connectivity index (χ0) is 15.1. The molecule has 0 fully saturated rings. The average molecular weight is 278 g/mol. The van der Waals surface area contributed by atoms with Crippen molar-refractivity contribution in [2.45, 2.75) is 38.1 Å². The fourth-order valence-corrected chi connectivity index (χ4v) is 1.43. The fraction of sp³-hybridized carbons (Fsp3) is 0.800. The highest BCUT2D eigenvalue weighted by Crippen LogP contribution is 2.19. The van der Waals surface area contributed by atoms with E-state index in [1.165, 1.54) is 13.8 Å². The Labute approximate surface area is 109 Å². The number of carboxylic acids is 1. The lowest BCUT2D eigenvalue weighted by atomic mass is 10.0. The quantitative estimate of drug-likeness (QED) is 0.306. The number of hydrogen-bond donors (Lipinski definition) is 4. The molecule has 0 rings (SSSR count). The van der Waals surface area contributed by atoms with Crippen LogP contribution in [0.4, 0.5) is 0 Å². The summed E-state index contributed by atoms with van der Waals surface area (Å²) in [6.07, 6.45) is -0.646. The first-order valence-electron chi connectivity index (χ1n) is 5.57. The molecule has 0 spiro atoms. The van der Waals surface area contributed by atoms with Crippen LogP contribution in [0.25, 0.3) is 0 Å². The van der Waals surface area contributed by atoms with Crippen molar-refractivity contribution in [3.05, 3.63) is 4.91 Å². The molecule has 0 aliphatic rings. The molecule has 9 nitrogen and oxygen atoms in total. The number of aliphatic hydroxyl groups excluding tert-OH is 1. The second-order valence-corrected chi connectivity index (χ2v) is 4.03. The molecule has 1 amide bonds. The van der Waals surface area contributed by atoms with E-state index in [1.54, 1.807) is 0 Å². The molecule has 0 aromatic rings. The first kappa shape index (κ1) is 17.4. The summed E-state index contributed by atoms with van der Waals surface area (Å²) in [6.45, 7) is 1.77. The number of carbonyl (C=O) groups excluding carboxylic acids is 1. The van der Waals surface area contributed by atoms with Crippen molar-refractivity contribution < 1.29 is 29.6 Å². The Morgan fingerprint density at radius 3 is 2.42 bits per heavy atom. The van der Waals surface area contributed by atoms with E-state index in [2.05, 4.69) is 15.2 Å². The van der Waals surface area contributed by atoms with Gasteiger partial charge in [-0.3, -0.25) is 4.79 Å². The van der Waals surface area contributed by atoms with Crippen LogP contribution in [-0.4, -0.2) is 58.3 Å². The second-order valence-electron chi connectivity index (χ2n) is 4.03. The maximum atomic E-state index is 10.9. The lowest BCUT2D eigenvalue weighted by Crippen LogP contribution is -2.49. The van der Waals surface area contributed by atoms with Crippen LogP contribution in [0.15, 0.2) is 5.18 Å². The number of aliphatic carboxylic acids is 1. The summed E-state index contributed by atoms with van der Waals surface area (Å²) in [5.74, 6) is -4.77. The summed E-state index contributed by atoms with van der Waals surface area (Å²) in [5.41, 5.74) is 0. The van der Waals surface area contributed by atoms with Crippen LogP contribution in [0.5, 0.6) is 0 Å². The van der Waals surface area contributed by atoms with E-state index in [4.69, 9.17) is 10.2 Å². The Kier molecular flexibility index (Phi) is 7.12. The van der Waals surface area contributed by atoms with Gasteiger partial charge in [-0.05, 0) is 6.92 Å². The van der Waals surface area contributed by atoms with Gasteiger partial charge >= 0.3 is 5.97 Å². The minimum atomic E-state index is -2.64. The molecule has 19 heavy (non-hydrogen) atoms. The largest absolute Gasteiger partial charge is 0.477 e. The Morgan fingerprint density at radius 2 is 2.05 bits per heavy atom. The molecule has 110 valence electrons. The summed E-state index contributed by atoms with van der Waals surface area (Å²) in [4.78, 5) is 32.5. The van der Waals surface area contributed by atoms with Crippen LogP contribution in [0.3, 0.4) is 0 Å². The van der Waals surface area contributed by atoms with Gasteiger partial charge in [0.15, 0.2) is 0 Å². The third-order valence-corrected chi connectivity index (χ3v) is 2.40. The Hall–Kier alpha value is -1.58. The van der Waals surface area contributed by atoms with Gasteiger partial charge in [-0.25, -0.2) is 4.79 Å². The van der Waals surface area contributed by atoms with Gasteiger partial charge in [0.1, 0.15) is 6.04 Å². The van der Waals surface area contributed by atoms with Crippen LogP contribution < -0.4 is 5.32 Å². The Morgan fingerprint density at radius 1 is 1.47 bits per heavy atom. The van der Waals surface area contributed by atoms with Crippen LogP contribution in [0.1, 0.15) is 20.3 Å². The van der Waals surface area contributed by atoms with E-state index < -0.39 is 49.4 Å². The van der Waals surface area contributed by atoms with Crippen LogP contribution >= 0.6 is 0 Å². The van der Waals surface area contributed by atoms with Gasteiger partial charge < -0.3 is 25.4 Å². The smallest absolute Gasteiger partial charge is 0.364 e. The normalized spacial score (nSPS) is 17.1. The number of carboxylic acid groups (broad SMARTS) is 1. The summed E-state index contributed by atoms with van der Waals surface area (Å²) in [6, 6.07) is -1.96. The zero-order valence-electron chi connectivity index (χ0n) is 10.7. The highest BCUT2D eigenvalue weighted by Gasteiger charge is 2.42. The molecule has 0 saturated heterocycles. The van der Waals surface area contributed by atoms with Gasteiger partial charge in [0.25, 0.3) is 5.79 Å². The number of nitrogens with zero attached hydrogens (tertiary/aromatic N) is 1. The summed E-state index contributed by atoms with van der Waals surface area (Å²) in [7, 11) is 0. The van der Waals surface area contributed by atoms with E-state index in [-0.39, 0.29) is 0 Å². The molecule has 0 heterocycles. The molecule has 0 aliphatic carbocycles. The van der Waals surface area contributed by atoms with E-state index >= 15 is 0 Å². The molecule has 0 aromatic heterocycles. The lowest BCUT2D eigenvalue weighted by Gasteiger charge is -2.27. The van der Waals surface area contributed by atoms with Gasteiger partial charge in [-0.2, -0.15) is 4.91 Å². The highest BCUT2D eigenvalue weighted by atomic mass is 16.6. The zero-order valence-corrected chi connectivity index (χ0v) is 10.7. The van der Waals surface area contributed by atoms with E-state index in [0.717, 1.165) is 0 Å². The number of nitroso groups, excluding NO2 is 1. The molecule has 0 aliphatic heterocycles. The fourth-order valence-electron chi connectivity index (χ4n) is 1.43. The van der Waals surface area contributed by atoms with Crippen molar-refractivity contribution >= 4 is 11.9 Å². The average Bonchev–Trinajstić information content (AvgIpc) is 2.32. The van der Waals surface area contributed by atoms with Gasteiger partial charge in [0.2, 0.25) is 5.91 Å². The molecule has 9 heteroatoms. The number of nitrogens with one attached hydrogen (secondary N) is 1. The number of hydrogen-bond acceptors (Lipinski definition) is 7. The predicted molar refractivity (Wildman–Crippen MR) is 63.1 cm³/mol. The number of amides is 1. The van der Waals surface area contributed by atoms with Crippen molar-refractivity contribution in [1.29, 1.82) is 0 Å². The van der Waals surface area contributed by atoms with Crippen LogP contribution in [-0.2, 0) is 14.3 Å². The number of ether oxygens (including phenoxy) is 1. The van der Waals surface area contributed by atoms with Gasteiger partial charge in [0.05, 0.1) is 19.3 Å². The number of rotatable bonds is 9. The summed E-state index contributed by atoms with van der Waals surface area (Å²) < 4.78 is 4.62. The first-order chi connectivity index (χ1) is 8.76. The standard InChI is InChI=1S/C10H18N2O7/c1-6(11-7(2)14)8(12-18)5-10(17,9(15)16)19-4-3-13/h6,8,13,17H,3-5H2,1-2H3,(H,11,14)(H,15,16). The highest BCUT2D eigenvalue weighted by molar-refractivity contribution is 5.75. The topological polar surface area (TPSA) is 146 Å². The predicted octanol–water partition coefficient (Wildman–Crippen LogP) is -1.18. The summed E-state index contributed by atoms with van der Waals surface area (Å²) in [5, 5.41) is 32.3. The maximum Gasteiger partial charge on any atom is 0.364 e. The third kappa shape index (κ3) is 5.73. The van der Waals surface area contributed by atoms with Crippen molar-refractivity contribution in [2.24, 2.45) is 5.18 Å². The van der Waals surface area contributed by atoms with Crippen molar-refractivity contribution in [2.75, 3.05) is 13.2 Å². The minimum absolute atomic E-state index is 0.414. The molecule has 3 unspecified atom stereocenters. The molecule has 3 atom stereocenters. The SMILES string of the molecule is CC(=O)NC(C)C(CC(O)(OCCO)C(=O)O)N=O. The maximum absolute atomic E-state index is 10.9. The number of carbonyl (C=O) groups is 2. The first-order valence-corrected chi connectivity index (χ1v) is 5.57. The molecule has 0 saturated carbocycles. The van der Waals surface area contributed by atoms with Crippen LogP contribution in [0, 0.1) is 4.91 Å². The van der Waals surface area contributed by atoms with E-state index in [1.807, 2.05) is 0 Å². The molecular weight excluding hydrogens is 260 g/mol. The van der Waals surface area contributed by atoms with E-state index in [0.29, 0.717) is 0 Å². The lowest BCUT2D eigenvalue weighted by molar-refractivity contribution is -0.229. The van der Waals surface area contributed by atoms with Crippen molar-refractivity contribution in [1.82, 2.24) is 5.32 Å². The second kappa shape index (κ2) is 7.77.